The number of carboxylic acids is 1. The van der Waals surface area contributed by atoms with Crippen molar-refractivity contribution < 1.29 is 27.8 Å². The van der Waals surface area contributed by atoms with E-state index in [0.717, 1.165) is 12.3 Å². The molecule has 1 heterocycles. The molecule has 0 amide bonds. The van der Waals surface area contributed by atoms with Gasteiger partial charge in [0.2, 0.25) is 0 Å². The third-order valence-corrected chi connectivity index (χ3v) is 1.98. The van der Waals surface area contributed by atoms with Crippen molar-refractivity contribution in [3.8, 4) is 5.75 Å². The van der Waals surface area contributed by atoms with Crippen LogP contribution in [0, 0.1) is 0 Å². The number of carboxylic acid groups (broad SMARTS) is 1. The summed E-state index contributed by atoms with van der Waals surface area (Å²) in [7, 11) is 0. The van der Waals surface area contributed by atoms with Crippen molar-refractivity contribution >= 4 is 11.8 Å². The zero-order chi connectivity index (χ0) is 13.8. The van der Waals surface area contributed by atoms with Crippen LogP contribution in [0.4, 0.5) is 19.0 Å². The molecule has 1 rings (SSSR count). The zero-order valence-electron chi connectivity index (χ0n) is 9.20. The van der Waals surface area contributed by atoms with Gasteiger partial charge in [0, 0.05) is 6.42 Å². The maximum Gasteiger partial charge on any atom is 0.389 e. The maximum atomic E-state index is 11.9. The molecule has 100 valence electrons. The number of ether oxygens (including phenoxy) is 1. The maximum absolute atomic E-state index is 11.9. The van der Waals surface area contributed by atoms with Crippen LogP contribution in [0.2, 0.25) is 0 Å². The molecule has 0 aliphatic rings. The number of anilines is 1. The number of alkyl halides is 3. The summed E-state index contributed by atoms with van der Waals surface area (Å²) in [4.78, 5) is 14.4. The van der Waals surface area contributed by atoms with Gasteiger partial charge in [-0.3, -0.25) is 0 Å². The van der Waals surface area contributed by atoms with Gasteiger partial charge in [-0.1, -0.05) is 0 Å². The van der Waals surface area contributed by atoms with Gasteiger partial charge in [0.25, 0.3) is 0 Å². The summed E-state index contributed by atoms with van der Waals surface area (Å²) in [5, 5.41) is 8.83. The van der Waals surface area contributed by atoms with E-state index in [1.54, 1.807) is 0 Å². The average molecular weight is 264 g/mol. The summed E-state index contributed by atoms with van der Waals surface area (Å²) in [5.41, 5.74) is 5.07. The Morgan fingerprint density at radius 1 is 1.50 bits per heavy atom. The van der Waals surface area contributed by atoms with E-state index in [-0.39, 0.29) is 30.2 Å². The second-order valence-corrected chi connectivity index (χ2v) is 3.48. The molecular weight excluding hydrogens is 253 g/mol. The molecule has 5 nitrogen and oxygen atoms in total. The van der Waals surface area contributed by atoms with Crippen LogP contribution in [-0.4, -0.2) is 28.8 Å². The normalized spacial score (nSPS) is 11.3. The molecule has 0 unspecified atom stereocenters. The van der Waals surface area contributed by atoms with Crippen LogP contribution >= 0.6 is 0 Å². The summed E-state index contributed by atoms with van der Waals surface area (Å²) >= 11 is 0. The molecule has 1 aromatic heterocycles. The topological polar surface area (TPSA) is 85.4 Å². The van der Waals surface area contributed by atoms with Crippen molar-refractivity contribution in [2.75, 3.05) is 12.3 Å². The van der Waals surface area contributed by atoms with Crippen molar-refractivity contribution in [2.45, 2.75) is 19.0 Å². The Labute approximate surface area is 100 Å². The minimum atomic E-state index is -4.25. The van der Waals surface area contributed by atoms with E-state index in [2.05, 4.69) is 4.98 Å². The number of aromatic nitrogens is 1. The number of rotatable bonds is 5. The molecule has 0 saturated heterocycles. The molecule has 3 N–H and O–H groups in total. The quantitative estimate of drug-likeness (QED) is 0.795. The molecule has 0 bridgehead atoms. The lowest BCUT2D eigenvalue weighted by Crippen LogP contribution is -2.11. The van der Waals surface area contributed by atoms with Crippen LogP contribution in [0.1, 0.15) is 23.2 Å². The number of nitrogen functional groups attached to an aromatic ring is 1. The van der Waals surface area contributed by atoms with Gasteiger partial charge >= 0.3 is 12.1 Å². The van der Waals surface area contributed by atoms with E-state index in [0.29, 0.717) is 0 Å². The van der Waals surface area contributed by atoms with Crippen LogP contribution in [-0.2, 0) is 0 Å². The number of nitrogens with two attached hydrogens (primary N) is 1. The van der Waals surface area contributed by atoms with Crippen LogP contribution in [0.3, 0.4) is 0 Å². The molecule has 8 heteroatoms. The van der Waals surface area contributed by atoms with E-state index < -0.39 is 18.6 Å². The molecule has 1 aromatic rings. The molecule has 0 atom stereocenters. The van der Waals surface area contributed by atoms with Gasteiger partial charge in [-0.25, -0.2) is 9.78 Å². The highest BCUT2D eigenvalue weighted by molar-refractivity contribution is 5.91. The van der Waals surface area contributed by atoms with Crippen LogP contribution in [0.25, 0.3) is 0 Å². The Morgan fingerprint density at radius 3 is 2.72 bits per heavy atom. The zero-order valence-corrected chi connectivity index (χ0v) is 9.20. The van der Waals surface area contributed by atoms with Crippen LogP contribution < -0.4 is 10.5 Å². The first-order valence-corrected chi connectivity index (χ1v) is 4.98. The van der Waals surface area contributed by atoms with Gasteiger partial charge in [-0.15, -0.1) is 0 Å². The fourth-order valence-corrected chi connectivity index (χ4v) is 1.20. The van der Waals surface area contributed by atoms with E-state index >= 15 is 0 Å². The lowest BCUT2D eigenvalue weighted by atomic mass is 10.2. The fraction of sp³-hybridized carbons (Fsp3) is 0.400. The van der Waals surface area contributed by atoms with Crippen molar-refractivity contribution in [1.82, 2.24) is 4.98 Å². The summed E-state index contributed by atoms with van der Waals surface area (Å²) in [5.74, 6) is -1.39. The predicted molar refractivity (Wildman–Crippen MR) is 56.4 cm³/mol. The fourth-order valence-electron chi connectivity index (χ4n) is 1.20. The monoisotopic (exact) mass is 264 g/mol. The molecule has 0 spiro atoms. The molecule has 0 saturated carbocycles. The highest BCUT2D eigenvalue weighted by atomic mass is 19.4. The van der Waals surface area contributed by atoms with Gasteiger partial charge < -0.3 is 15.6 Å². The first kappa shape index (κ1) is 14.1. The largest absolute Gasteiger partial charge is 0.491 e. The Kier molecular flexibility index (Phi) is 4.35. The SMILES string of the molecule is Nc1cc(C(=O)O)c(OCCCC(F)(F)F)cn1. The first-order valence-electron chi connectivity index (χ1n) is 4.98. The molecule has 0 aliphatic heterocycles. The van der Waals surface area contributed by atoms with Gasteiger partial charge in [-0.05, 0) is 12.5 Å². The number of hydrogen-bond acceptors (Lipinski definition) is 4. The highest BCUT2D eigenvalue weighted by Crippen LogP contribution is 2.23. The number of carbonyl (C=O) groups is 1. The number of hydrogen-bond donors (Lipinski definition) is 2. The molecule has 0 aliphatic carbocycles. The number of halogens is 3. The van der Waals surface area contributed by atoms with Crippen molar-refractivity contribution in [2.24, 2.45) is 0 Å². The third kappa shape index (κ3) is 4.48. The van der Waals surface area contributed by atoms with Gasteiger partial charge in [-0.2, -0.15) is 13.2 Å². The van der Waals surface area contributed by atoms with Gasteiger partial charge in [0.15, 0.2) is 5.75 Å². The second-order valence-electron chi connectivity index (χ2n) is 3.48. The first-order chi connectivity index (χ1) is 8.29. The Bertz CT molecular complexity index is 435. The Balaban J connectivity index is 2.59. The minimum Gasteiger partial charge on any atom is -0.491 e. The van der Waals surface area contributed by atoms with Crippen molar-refractivity contribution in [3.63, 3.8) is 0 Å². The minimum absolute atomic E-state index is 0.00459. The predicted octanol–water partition coefficient (Wildman–Crippen LogP) is 2.08. The van der Waals surface area contributed by atoms with E-state index in [1.165, 1.54) is 0 Å². The van der Waals surface area contributed by atoms with Crippen molar-refractivity contribution in [1.29, 1.82) is 0 Å². The van der Waals surface area contributed by atoms with Crippen LogP contribution in [0.15, 0.2) is 12.3 Å². The second kappa shape index (κ2) is 5.56. The number of pyridine rings is 1. The standard InChI is InChI=1S/C10H11F3N2O3/c11-10(12,13)2-1-3-18-7-5-15-8(14)4-6(7)9(16)17/h4-5H,1-3H2,(H2,14,15)(H,16,17). The molecule has 0 aromatic carbocycles. The molecule has 18 heavy (non-hydrogen) atoms. The molecular formula is C10H11F3N2O3. The third-order valence-electron chi connectivity index (χ3n) is 1.98. The smallest absolute Gasteiger partial charge is 0.389 e. The Morgan fingerprint density at radius 2 is 2.17 bits per heavy atom. The van der Waals surface area contributed by atoms with E-state index in [1.807, 2.05) is 0 Å². The summed E-state index contributed by atoms with van der Waals surface area (Å²) in [6.45, 7) is -0.245. The van der Waals surface area contributed by atoms with E-state index in [9.17, 15) is 18.0 Å². The Hall–Kier alpha value is -1.99. The number of nitrogens with zero attached hydrogens (tertiary/aromatic N) is 1. The lowest BCUT2D eigenvalue weighted by Gasteiger charge is -2.10. The summed E-state index contributed by atoms with van der Waals surface area (Å²) in [6.07, 6.45) is -4.42. The van der Waals surface area contributed by atoms with Gasteiger partial charge in [0.05, 0.1) is 12.8 Å². The lowest BCUT2D eigenvalue weighted by molar-refractivity contribution is -0.136. The van der Waals surface area contributed by atoms with E-state index in [4.69, 9.17) is 15.6 Å². The number of aromatic carboxylic acids is 1. The average Bonchev–Trinajstić information content (AvgIpc) is 2.24. The van der Waals surface area contributed by atoms with Gasteiger partial charge in [0.1, 0.15) is 11.4 Å². The summed E-state index contributed by atoms with van der Waals surface area (Å²) in [6, 6.07) is 1.08. The van der Waals surface area contributed by atoms with Crippen molar-refractivity contribution in [3.05, 3.63) is 17.8 Å². The molecule has 0 fully saturated rings. The molecule has 0 radical (unpaired) electrons. The highest BCUT2D eigenvalue weighted by Gasteiger charge is 2.26. The summed E-state index contributed by atoms with van der Waals surface area (Å²) < 4.78 is 40.5. The van der Waals surface area contributed by atoms with Crippen LogP contribution in [0.5, 0.6) is 5.75 Å².